The topological polar surface area (TPSA) is 29.9 Å². The number of benzene rings is 1. The van der Waals surface area contributed by atoms with Crippen molar-refractivity contribution in [2.75, 3.05) is 5.32 Å². The second-order valence-electron chi connectivity index (χ2n) is 5.18. The molecule has 1 unspecified atom stereocenters. The van der Waals surface area contributed by atoms with E-state index in [1.54, 1.807) is 0 Å². The highest BCUT2D eigenvalue weighted by atomic mass is 15.2. The molecule has 0 radical (unpaired) electrons. The van der Waals surface area contributed by atoms with E-state index in [1.807, 2.05) is 24.4 Å². The number of rotatable bonds is 5. The van der Waals surface area contributed by atoms with E-state index >= 15 is 0 Å². The van der Waals surface area contributed by atoms with E-state index in [9.17, 15) is 0 Å². The summed E-state index contributed by atoms with van der Waals surface area (Å²) in [4.78, 5) is 4.41. The molecule has 1 aromatic heterocycles. The lowest BCUT2D eigenvalue weighted by Gasteiger charge is -2.16. The van der Waals surface area contributed by atoms with Crippen LogP contribution >= 0.6 is 0 Å². The van der Waals surface area contributed by atoms with E-state index in [0.717, 1.165) is 17.6 Å². The van der Waals surface area contributed by atoms with Gasteiger partial charge < -0.3 is 9.88 Å². The third-order valence-corrected chi connectivity index (χ3v) is 3.54. The van der Waals surface area contributed by atoms with Crippen LogP contribution in [0.15, 0.2) is 42.7 Å². The molecule has 2 aromatic rings. The molecule has 1 atom stereocenters. The Kier molecular flexibility index (Phi) is 3.05. The van der Waals surface area contributed by atoms with Gasteiger partial charge in [0.2, 0.25) is 5.95 Å². The Morgan fingerprint density at radius 1 is 1.33 bits per heavy atom. The number of nitrogens with one attached hydrogen (secondary N) is 1. The highest BCUT2D eigenvalue weighted by Gasteiger charge is 2.24. The molecule has 0 spiro atoms. The summed E-state index contributed by atoms with van der Waals surface area (Å²) in [6.07, 6.45) is 8.01. The van der Waals surface area contributed by atoms with Crippen LogP contribution < -0.4 is 5.32 Å². The second-order valence-corrected chi connectivity index (χ2v) is 5.18. The minimum absolute atomic E-state index is 0.520. The molecule has 1 heterocycles. The van der Waals surface area contributed by atoms with Crippen LogP contribution in [-0.4, -0.2) is 9.55 Å². The van der Waals surface area contributed by atoms with Crippen LogP contribution in [0.4, 0.5) is 11.6 Å². The van der Waals surface area contributed by atoms with Crippen molar-refractivity contribution in [2.45, 2.75) is 32.2 Å². The average Bonchev–Trinajstić information content (AvgIpc) is 3.07. The summed E-state index contributed by atoms with van der Waals surface area (Å²) >= 11 is 0. The summed E-state index contributed by atoms with van der Waals surface area (Å²) in [5.74, 6) is 1.88. The molecule has 1 aliphatic carbocycles. The minimum Gasteiger partial charge on any atom is -0.326 e. The third kappa shape index (κ3) is 2.55. The summed E-state index contributed by atoms with van der Waals surface area (Å²) in [6.45, 7) is 2.27. The van der Waals surface area contributed by atoms with Crippen LogP contribution in [0.3, 0.4) is 0 Å². The van der Waals surface area contributed by atoms with E-state index in [0.29, 0.717) is 6.04 Å². The molecular weight excluding hydrogens is 222 g/mol. The van der Waals surface area contributed by atoms with Crippen molar-refractivity contribution in [3.8, 4) is 0 Å². The SMILES string of the molecule is CC(CC1CC1)n1ccnc1Nc1ccccc1. The number of aromatic nitrogens is 2. The first-order valence-corrected chi connectivity index (χ1v) is 6.68. The fourth-order valence-corrected chi connectivity index (χ4v) is 2.37. The Hall–Kier alpha value is -1.77. The fourth-order valence-electron chi connectivity index (χ4n) is 2.37. The van der Waals surface area contributed by atoms with Gasteiger partial charge in [0, 0.05) is 24.1 Å². The van der Waals surface area contributed by atoms with Gasteiger partial charge in [0.05, 0.1) is 0 Å². The van der Waals surface area contributed by atoms with Gasteiger partial charge in [0.15, 0.2) is 0 Å². The lowest BCUT2D eigenvalue weighted by Crippen LogP contribution is -2.08. The lowest BCUT2D eigenvalue weighted by atomic mass is 10.1. The predicted molar refractivity (Wildman–Crippen MR) is 74.0 cm³/mol. The Morgan fingerprint density at radius 2 is 2.11 bits per heavy atom. The van der Waals surface area contributed by atoms with E-state index in [-0.39, 0.29) is 0 Å². The number of imidazole rings is 1. The molecule has 1 aromatic carbocycles. The average molecular weight is 241 g/mol. The largest absolute Gasteiger partial charge is 0.326 e. The molecule has 18 heavy (non-hydrogen) atoms. The van der Waals surface area contributed by atoms with Gasteiger partial charge in [-0.3, -0.25) is 0 Å². The first kappa shape index (κ1) is 11.3. The van der Waals surface area contributed by atoms with Crippen LogP contribution in [0, 0.1) is 5.92 Å². The molecule has 0 bridgehead atoms. The zero-order valence-electron chi connectivity index (χ0n) is 10.7. The van der Waals surface area contributed by atoms with Crippen LogP contribution in [0.1, 0.15) is 32.2 Å². The fraction of sp³-hybridized carbons (Fsp3) is 0.400. The Labute approximate surface area is 108 Å². The van der Waals surface area contributed by atoms with E-state index < -0.39 is 0 Å². The van der Waals surface area contributed by atoms with Gasteiger partial charge in [-0.25, -0.2) is 4.98 Å². The second kappa shape index (κ2) is 4.84. The highest BCUT2D eigenvalue weighted by Crippen LogP contribution is 2.37. The summed E-state index contributed by atoms with van der Waals surface area (Å²) in [5, 5.41) is 3.38. The first-order chi connectivity index (χ1) is 8.83. The predicted octanol–water partition coefficient (Wildman–Crippen LogP) is 3.99. The van der Waals surface area contributed by atoms with Crippen LogP contribution in [0.5, 0.6) is 0 Å². The molecule has 94 valence electrons. The van der Waals surface area contributed by atoms with Crippen molar-refractivity contribution in [2.24, 2.45) is 5.92 Å². The van der Waals surface area contributed by atoms with Crippen molar-refractivity contribution in [1.29, 1.82) is 0 Å². The molecule has 1 aliphatic rings. The standard InChI is InChI=1S/C15H19N3/c1-12(11-13-7-8-13)18-10-9-16-15(18)17-14-5-3-2-4-6-14/h2-6,9-10,12-13H,7-8,11H2,1H3,(H,16,17). The molecule has 0 aliphatic heterocycles. The number of hydrogen-bond acceptors (Lipinski definition) is 2. The molecule has 0 amide bonds. The van der Waals surface area contributed by atoms with Crippen molar-refractivity contribution >= 4 is 11.6 Å². The number of nitrogens with zero attached hydrogens (tertiary/aromatic N) is 2. The number of anilines is 2. The number of hydrogen-bond donors (Lipinski definition) is 1. The normalized spacial score (nSPS) is 16.5. The van der Waals surface area contributed by atoms with Gasteiger partial charge in [0.1, 0.15) is 0 Å². The van der Waals surface area contributed by atoms with E-state index in [4.69, 9.17) is 0 Å². The molecule has 1 fully saturated rings. The smallest absolute Gasteiger partial charge is 0.207 e. The summed E-state index contributed by atoms with van der Waals surface area (Å²) in [6, 6.07) is 10.7. The molecule has 1 saturated carbocycles. The van der Waals surface area contributed by atoms with Gasteiger partial charge in [-0.15, -0.1) is 0 Å². The summed E-state index contributed by atoms with van der Waals surface area (Å²) in [5.41, 5.74) is 1.09. The van der Waals surface area contributed by atoms with E-state index in [1.165, 1.54) is 19.3 Å². The van der Waals surface area contributed by atoms with Crippen LogP contribution in [0.2, 0.25) is 0 Å². The zero-order valence-corrected chi connectivity index (χ0v) is 10.7. The van der Waals surface area contributed by atoms with Gasteiger partial charge in [0.25, 0.3) is 0 Å². The van der Waals surface area contributed by atoms with Crippen LogP contribution in [-0.2, 0) is 0 Å². The maximum absolute atomic E-state index is 4.41. The molecule has 1 N–H and O–H groups in total. The van der Waals surface area contributed by atoms with Gasteiger partial charge >= 0.3 is 0 Å². The van der Waals surface area contributed by atoms with Crippen LogP contribution in [0.25, 0.3) is 0 Å². The summed E-state index contributed by atoms with van der Waals surface area (Å²) in [7, 11) is 0. The van der Waals surface area contributed by atoms with Gasteiger partial charge in [-0.1, -0.05) is 31.0 Å². The maximum Gasteiger partial charge on any atom is 0.207 e. The maximum atomic E-state index is 4.41. The van der Waals surface area contributed by atoms with Crippen molar-refractivity contribution in [3.05, 3.63) is 42.7 Å². The van der Waals surface area contributed by atoms with Gasteiger partial charge in [-0.2, -0.15) is 0 Å². The molecule has 0 saturated heterocycles. The Balaban J connectivity index is 1.74. The minimum atomic E-state index is 0.520. The monoisotopic (exact) mass is 241 g/mol. The first-order valence-electron chi connectivity index (χ1n) is 6.68. The molecular formula is C15H19N3. The lowest BCUT2D eigenvalue weighted by molar-refractivity contribution is 0.481. The Bertz CT molecular complexity index is 499. The number of para-hydroxylation sites is 1. The third-order valence-electron chi connectivity index (χ3n) is 3.54. The zero-order chi connectivity index (χ0) is 12.4. The van der Waals surface area contributed by atoms with Crippen molar-refractivity contribution in [3.63, 3.8) is 0 Å². The van der Waals surface area contributed by atoms with Crippen molar-refractivity contribution < 1.29 is 0 Å². The van der Waals surface area contributed by atoms with E-state index in [2.05, 4.69) is 40.1 Å². The summed E-state index contributed by atoms with van der Waals surface area (Å²) < 4.78 is 2.24. The molecule has 3 nitrogen and oxygen atoms in total. The molecule has 3 rings (SSSR count). The molecule has 3 heteroatoms. The Morgan fingerprint density at radius 3 is 2.83 bits per heavy atom. The highest BCUT2D eigenvalue weighted by molar-refractivity contribution is 5.53. The van der Waals surface area contributed by atoms with Crippen molar-refractivity contribution in [1.82, 2.24) is 9.55 Å². The van der Waals surface area contributed by atoms with Gasteiger partial charge in [-0.05, 0) is 31.4 Å². The quantitative estimate of drug-likeness (QED) is 0.857.